The van der Waals surface area contributed by atoms with Crippen molar-refractivity contribution in [3.63, 3.8) is 0 Å². The summed E-state index contributed by atoms with van der Waals surface area (Å²) in [6.45, 7) is 5.73. The smallest absolute Gasteiger partial charge is 0.150 e. The number of nitrogens with one attached hydrogen (secondary N) is 1. The molecule has 0 saturated carbocycles. The van der Waals surface area contributed by atoms with Crippen LogP contribution in [0.4, 0.5) is 0 Å². The van der Waals surface area contributed by atoms with Crippen LogP contribution in [0.25, 0.3) is 0 Å². The largest absolute Gasteiger partial charge is 0.316 e. The zero-order chi connectivity index (χ0) is 13.4. The first-order valence-electron chi connectivity index (χ1n) is 6.53. The molecule has 1 aromatic rings. The molecule has 1 heterocycles. The molecule has 0 bridgehead atoms. The van der Waals surface area contributed by atoms with Crippen molar-refractivity contribution >= 4 is 6.29 Å². The molecule has 1 aliphatic rings. The second-order valence-corrected chi connectivity index (χ2v) is 5.05. The van der Waals surface area contributed by atoms with Crippen molar-refractivity contribution in [2.45, 2.75) is 19.9 Å². The Morgan fingerprint density at radius 1 is 1.50 bits per heavy atom. The Labute approximate surface area is 110 Å². The van der Waals surface area contributed by atoms with Gasteiger partial charge in [-0.1, -0.05) is 25.1 Å². The van der Waals surface area contributed by atoms with Crippen molar-refractivity contribution in [1.82, 2.24) is 10.2 Å². The summed E-state index contributed by atoms with van der Waals surface area (Å²) in [5, 5.41) is 3.02. The van der Waals surface area contributed by atoms with Crippen molar-refractivity contribution in [2.24, 2.45) is 5.92 Å². The van der Waals surface area contributed by atoms with Gasteiger partial charge in [-0.05, 0) is 44.6 Å². The molecule has 0 unspecified atom stereocenters. The van der Waals surface area contributed by atoms with Crippen LogP contribution in [-0.2, 0) is 6.54 Å². The fourth-order valence-corrected chi connectivity index (χ4v) is 2.14. The lowest BCUT2D eigenvalue weighted by molar-refractivity contribution is 0.112. The van der Waals surface area contributed by atoms with E-state index in [0.717, 1.165) is 29.9 Å². The third-order valence-electron chi connectivity index (χ3n) is 3.09. The summed E-state index contributed by atoms with van der Waals surface area (Å²) in [4.78, 5) is 12.7. The zero-order valence-corrected chi connectivity index (χ0v) is 11.6. The topological polar surface area (TPSA) is 32.3 Å². The van der Waals surface area contributed by atoms with Crippen molar-refractivity contribution in [3.8, 4) is 0 Å². The third kappa shape index (κ3) is 5.43. The highest BCUT2D eigenvalue weighted by Crippen LogP contribution is 2.11. The number of benzene rings is 1. The van der Waals surface area contributed by atoms with E-state index in [4.69, 9.17) is 0 Å². The predicted molar refractivity (Wildman–Crippen MR) is 75.9 cm³/mol. The Morgan fingerprint density at radius 2 is 2.28 bits per heavy atom. The second kappa shape index (κ2) is 8.01. The molecular formula is C15H24N2O. The number of likely N-dealkylation sites (tertiary alicyclic amines) is 1. The minimum Gasteiger partial charge on any atom is -0.316 e. The first kappa shape index (κ1) is 14.9. The SMILES string of the molecule is CNCc1cccc(C=O)c1.C[C@@H]1CCN(C)C1. The van der Waals surface area contributed by atoms with E-state index in [1.807, 2.05) is 25.2 Å². The zero-order valence-electron chi connectivity index (χ0n) is 11.6. The van der Waals surface area contributed by atoms with Crippen LogP contribution in [0, 0.1) is 5.92 Å². The summed E-state index contributed by atoms with van der Waals surface area (Å²) in [5.74, 6) is 0.949. The van der Waals surface area contributed by atoms with Crippen LogP contribution in [0.5, 0.6) is 0 Å². The summed E-state index contributed by atoms with van der Waals surface area (Å²) in [7, 11) is 4.07. The lowest BCUT2D eigenvalue weighted by Gasteiger charge is -2.03. The van der Waals surface area contributed by atoms with E-state index >= 15 is 0 Å². The average molecular weight is 248 g/mol. The maximum Gasteiger partial charge on any atom is 0.150 e. The van der Waals surface area contributed by atoms with Gasteiger partial charge in [-0.25, -0.2) is 0 Å². The Morgan fingerprint density at radius 3 is 2.72 bits per heavy atom. The number of carbonyl (C=O) groups excluding carboxylic acids is 1. The van der Waals surface area contributed by atoms with Gasteiger partial charge in [0.25, 0.3) is 0 Å². The number of hydrogen-bond donors (Lipinski definition) is 1. The molecule has 1 fully saturated rings. The quantitative estimate of drug-likeness (QED) is 0.832. The van der Waals surface area contributed by atoms with E-state index in [-0.39, 0.29) is 0 Å². The minimum atomic E-state index is 0.734. The molecule has 1 atom stereocenters. The van der Waals surface area contributed by atoms with Gasteiger partial charge in [-0.3, -0.25) is 4.79 Å². The van der Waals surface area contributed by atoms with Crippen molar-refractivity contribution in [2.75, 3.05) is 27.2 Å². The van der Waals surface area contributed by atoms with Gasteiger partial charge in [-0.15, -0.1) is 0 Å². The molecule has 2 rings (SSSR count). The lowest BCUT2D eigenvalue weighted by atomic mass is 10.1. The van der Waals surface area contributed by atoms with Crippen LogP contribution in [0.3, 0.4) is 0 Å². The van der Waals surface area contributed by atoms with Crippen molar-refractivity contribution in [1.29, 1.82) is 0 Å². The van der Waals surface area contributed by atoms with Gasteiger partial charge in [0.1, 0.15) is 6.29 Å². The van der Waals surface area contributed by atoms with Gasteiger partial charge >= 0.3 is 0 Å². The Balaban J connectivity index is 0.000000199. The summed E-state index contributed by atoms with van der Waals surface area (Å²) >= 11 is 0. The first-order chi connectivity index (χ1) is 8.65. The molecule has 0 amide bonds. The standard InChI is InChI=1S/C9H11NO.C6H13N/c1-10-6-8-3-2-4-9(5-8)7-11;1-6-3-4-7(2)5-6/h2-5,7,10H,6H2,1H3;6H,3-5H2,1-2H3/t;6-/m.1/s1. The lowest BCUT2D eigenvalue weighted by Crippen LogP contribution is -2.12. The number of rotatable bonds is 3. The summed E-state index contributed by atoms with van der Waals surface area (Å²) in [6.07, 6.45) is 2.26. The van der Waals surface area contributed by atoms with Gasteiger partial charge in [0.2, 0.25) is 0 Å². The Bertz CT molecular complexity index is 357. The Kier molecular flexibility index (Phi) is 6.61. The van der Waals surface area contributed by atoms with Crippen molar-refractivity contribution < 1.29 is 4.79 Å². The van der Waals surface area contributed by atoms with E-state index in [9.17, 15) is 4.79 Å². The van der Waals surface area contributed by atoms with E-state index in [0.29, 0.717) is 0 Å². The monoisotopic (exact) mass is 248 g/mol. The molecule has 0 radical (unpaired) electrons. The Hall–Kier alpha value is -1.19. The van der Waals surface area contributed by atoms with E-state index in [2.05, 4.69) is 24.2 Å². The molecule has 3 heteroatoms. The van der Waals surface area contributed by atoms with Gasteiger partial charge in [0.15, 0.2) is 0 Å². The van der Waals surface area contributed by atoms with Gasteiger partial charge in [0, 0.05) is 18.7 Å². The van der Waals surface area contributed by atoms with E-state index in [1.54, 1.807) is 6.07 Å². The molecule has 100 valence electrons. The predicted octanol–water partition coefficient (Wildman–Crippen LogP) is 2.18. The molecule has 0 aromatic heterocycles. The van der Waals surface area contributed by atoms with Crippen LogP contribution in [-0.4, -0.2) is 38.4 Å². The number of hydrogen-bond acceptors (Lipinski definition) is 3. The fraction of sp³-hybridized carbons (Fsp3) is 0.533. The van der Waals surface area contributed by atoms with Gasteiger partial charge in [-0.2, -0.15) is 0 Å². The maximum absolute atomic E-state index is 10.3. The maximum atomic E-state index is 10.3. The molecule has 1 aromatic carbocycles. The summed E-state index contributed by atoms with van der Waals surface area (Å²) in [5.41, 5.74) is 1.87. The molecule has 18 heavy (non-hydrogen) atoms. The minimum absolute atomic E-state index is 0.734. The van der Waals surface area contributed by atoms with Crippen LogP contribution in [0.15, 0.2) is 24.3 Å². The summed E-state index contributed by atoms with van der Waals surface area (Å²) in [6, 6.07) is 7.55. The second-order valence-electron chi connectivity index (χ2n) is 5.05. The number of nitrogens with zero attached hydrogens (tertiary/aromatic N) is 1. The van der Waals surface area contributed by atoms with Gasteiger partial charge in [0.05, 0.1) is 0 Å². The van der Waals surface area contributed by atoms with Crippen LogP contribution < -0.4 is 5.32 Å². The van der Waals surface area contributed by atoms with Crippen LogP contribution in [0.2, 0.25) is 0 Å². The summed E-state index contributed by atoms with van der Waals surface area (Å²) < 4.78 is 0. The molecular weight excluding hydrogens is 224 g/mol. The molecule has 3 nitrogen and oxygen atoms in total. The number of aldehydes is 1. The molecule has 1 aliphatic heterocycles. The highest BCUT2D eigenvalue weighted by molar-refractivity contribution is 5.74. The fourth-order valence-electron chi connectivity index (χ4n) is 2.14. The molecule has 0 spiro atoms. The van der Waals surface area contributed by atoms with E-state index in [1.165, 1.54) is 19.5 Å². The molecule has 1 N–H and O–H groups in total. The third-order valence-corrected chi connectivity index (χ3v) is 3.09. The first-order valence-corrected chi connectivity index (χ1v) is 6.53. The normalized spacial score (nSPS) is 19.2. The van der Waals surface area contributed by atoms with Crippen molar-refractivity contribution in [3.05, 3.63) is 35.4 Å². The molecule has 0 aliphatic carbocycles. The van der Waals surface area contributed by atoms with E-state index < -0.39 is 0 Å². The highest BCUT2D eigenvalue weighted by Gasteiger charge is 2.13. The highest BCUT2D eigenvalue weighted by atomic mass is 16.1. The van der Waals surface area contributed by atoms with Crippen LogP contribution >= 0.6 is 0 Å². The van der Waals surface area contributed by atoms with Gasteiger partial charge < -0.3 is 10.2 Å². The average Bonchev–Trinajstić information content (AvgIpc) is 2.75. The molecule has 1 saturated heterocycles. The van der Waals surface area contributed by atoms with Crippen LogP contribution in [0.1, 0.15) is 29.3 Å². The number of carbonyl (C=O) groups is 1.